The average molecular weight is 252 g/mol. The molecule has 0 heterocycles. The van der Waals surface area contributed by atoms with Crippen molar-refractivity contribution in [2.45, 2.75) is 26.3 Å². The number of hydrogen-bond donors (Lipinski definition) is 2. The van der Waals surface area contributed by atoms with E-state index < -0.39 is 0 Å². The summed E-state index contributed by atoms with van der Waals surface area (Å²) in [6.45, 7) is 4.27. The van der Waals surface area contributed by atoms with E-state index in [1.807, 2.05) is 24.3 Å². The SMILES string of the molecule is COc1ccc(NC(=S)C(N)CC(C)C)cc1. The van der Waals surface area contributed by atoms with Crippen molar-refractivity contribution in [3.8, 4) is 5.75 Å². The lowest BCUT2D eigenvalue weighted by Gasteiger charge is -2.17. The van der Waals surface area contributed by atoms with Crippen LogP contribution in [0.5, 0.6) is 5.75 Å². The third-order valence-corrected chi connectivity index (χ3v) is 2.82. The van der Waals surface area contributed by atoms with Gasteiger partial charge < -0.3 is 15.8 Å². The Morgan fingerprint density at radius 3 is 2.41 bits per heavy atom. The summed E-state index contributed by atoms with van der Waals surface area (Å²) in [7, 11) is 1.64. The van der Waals surface area contributed by atoms with Crippen LogP contribution >= 0.6 is 12.2 Å². The fraction of sp³-hybridized carbons (Fsp3) is 0.462. The summed E-state index contributed by atoms with van der Waals surface area (Å²) < 4.78 is 5.09. The Labute approximate surface area is 108 Å². The number of rotatable bonds is 5. The average Bonchev–Trinajstić information content (AvgIpc) is 2.29. The largest absolute Gasteiger partial charge is 0.497 e. The van der Waals surface area contributed by atoms with Gasteiger partial charge in [-0.25, -0.2) is 0 Å². The van der Waals surface area contributed by atoms with E-state index in [-0.39, 0.29) is 6.04 Å². The number of thiocarbonyl (C=S) groups is 1. The van der Waals surface area contributed by atoms with E-state index in [9.17, 15) is 0 Å². The summed E-state index contributed by atoms with van der Waals surface area (Å²) in [5, 5.41) is 3.15. The molecule has 0 aliphatic carbocycles. The number of nitrogens with one attached hydrogen (secondary N) is 1. The molecule has 1 unspecified atom stereocenters. The molecule has 1 aromatic carbocycles. The normalized spacial score (nSPS) is 12.3. The van der Waals surface area contributed by atoms with Crippen LogP contribution in [0.25, 0.3) is 0 Å². The number of benzene rings is 1. The van der Waals surface area contributed by atoms with Crippen LogP contribution in [0, 0.1) is 5.92 Å². The van der Waals surface area contributed by atoms with E-state index in [1.165, 1.54) is 0 Å². The molecule has 94 valence electrons. The minimum atomic E-state index is -0.0906. The molecule has 0 fully saturated rings. The Bertz CT molecular complexity index is 362. The predicted molar refractivity (Wildman–Crippen MR) is 76.6 cm³/mol. The molecule has 1 atom stereocenters. The number of anilines is 1. The van der Waals surface area contributed by atoms with Crippen molar-refractivity contribution in [1.29, 1.82) is 0 Å². The highest BCUT2D eigenvalue weighted by Gasteiger charge is 2.11. The number of hydrogen-bond acceptors (Lipinski definition) is 3. The van der Waals surface area contributed by atoms with Crippen molar-refractivity contribution in [3.63, 3.8) is 0 Å². The van der Waals surface area contributed by atoms with Crippen molar-refractivity contribution in [3.05, 3.63) is 24.3 Å². The quantitative estimate of drug-likeness (QED) is 0.791. The molecule has 0 bridgehead atoms. The van der Waals surface area contributed by atoms with Gasteiger partial charge in [0.05, 0.1) is 18.1 Å². The van der Waals surface area contributed by atoms with Crippen LogP contribution in [0.4, 0.5) is 5.69 Å². The highest BCUT2D eigenvalue weighted by molar-refractivity contribution is 7.80. The predicted octanol–water partition coefficient (Wildman–Crippen LogP) is 2.81. The third-order valence-electron chi connectivity index (χ3n) is 2.42. The summed E-state index contributed by atoms with van der Waals surface area (Å²) in [5.41, 5.74) is 6.93. The number of ether oxygens (including phenoxy) is 1. The first-order valence-corrected chi connectivity index (χ1v) is 6.14. The van der Waals surface area contributed by atoms with E-state index in [0.29, 0.717) is 10.9 Å². The van der Waals surface area contributed by atoms with Crippen molar-refractivity contribution in [2.24, 2.45) is 11.7 Å². The highest BCUT2D eigenvalue weighted by atomic mass is 32.1. The van der Waals surface area contributed by atoms with Crippen LogP contribution in [0.3, 0.4) is 0 Å². The molecule has 3 nitrogen and oxygen atoms in total. The Hall–Kier alpha value is -1.13. The molecule has 3 N–H and O–H groups in total. The minimum absolute atomic E-state index is 0.0906. The van der Waals surface area contributed by atoms with E-state index in [2.05, 4.69) is 19.2 Å². The van der Waals surface area contributed by atoms with Gasteiger partial charge in [-0.1, -0.05) is 26.1 Å². The Balaban J connectivity index is 2.55. The maximum atomic E-state index is 5.99. The number of methoxy groups -OCH3 is 1. The molecule has 0 aromatic heterocycles. The Kier molecular flexibility index (Phi) is 5.38. The van der Waals surface area contributed by atoms with Crippen LogP contribution in [-0.4, -0.2) is 18.1 Å². The first-order valence-electron chi connectivity index (χ1n) is 5.73. The molecular weight excluding hydrogens is 232 g/mol. The molecule has 4 heteroatoms. The number of nitrogens with two attached hydrogens (primary N) is 1. The topological polar surface area (TPSA) is 47.3 Å². The zero-order valence-corrected chi connectivity index (χ0v) is 11.4. The summed E-state index contributed by atoms with van der Waals surface area (Å²) >= 11 is 5.27. The van der Waals surface area contributed by atoms with Gasteiger partial charge in [0, 0.05) is 5.69 Å². The van der Waals surface area contributed by atoms with E-state index >= 15 is 0 Å². The lowest BCUT2D eigenvalue weighted by molar-refractivity contribution is 0.415. The Morgan fingerprint density at radius 1 is 1.35 bits per heavy atom. The van der Waals surface area contributed by atoms with Gasteiger partial charge in [-0.15, -0.1) is 0 Å². The fourth-order valence-corrected chi connectivity index (χ4v) is 1.74. The first kappa shape index (κ1) is 13.9. The van der Waals surface area contributed by atoms with Crippen molar-refractivity contribution in [2.75, 3.05) is 12.4 Å². The molecule has 0 amide bonds. The van der Waals surface area contributed by atoms with Gasteiger partial charge in [-0.3, -0.25) is 0 Å². The molecule has 0 aliphatic rings. The second kappa shape index (κ2) is 6.57. The smallest absolute Gasteiger partial charge is 0.119 e. The van der Waals surface area contributed by atoms with Gasteiger partial charge in [0.1, 0.15) is 5.75 Å². The zero-order chi connectivity index (χ0) is 12.8. The Morgan fingerprint density at radius 2 is 1.94 bits per heavy atom. The second-order valence-corrected chi connectivity index (χ2v) is 4.89. The van der Waals surface area contributed by atoms with E-state index in [1.54, 1.807) is 7.11 Å². The molecule has 0 aliphatic heterocycles. The van der Waals surface area contributed by atoms with Crippen LogP contribution in [0.15, 0.2) is 24.3 Å². The molecule has 1 rings (SSSR count). The molecule has 0 spiro atoms. The third kappa shape index (κ3) is 4.71. The lowest BCUT2D eigenvalue weighted by Crippen LogP contribution is -2.35. The van der Waals surface area contributed by atoms with Gasteiger partial charge >= 0.3 is 0 Å². The van der Waals surface area contributed by atoms with Crippen LogP contribution in [-0.2, 0) is 0 Å². The molecule has 17 heavy (non-hydrogen) atoms. The summed E-state index contributed by atoms with van der Waals surface area (Å²) in [4.78, 5) is 0.684. The van der Waals surface area contributed by atoms with Crippen molar-refractivity contribution in [1.82, 2.24) is 0 Å². The highest BCUT2D eigenvalue weighted by Crippen LogP contribution is 2.16. The van der Waals surface area contributed by atoms with Crippen LogP contribution < -0.4 is 15.8 Å². The van der Waals surface area contributed by atoms with Gasteiger partial charge in [0.2, 0.25) is 0 Å². The monoisotopic (exact) mass is 252 g/mol. The lowest BCUT2D eigenvalue weighted by atomic mass is 10.0. The molecular formula is C13H20N2OS. The van der Waals surface area contributed by atoms with Crippen LogP contribution in [0.1, 0.15) is 20.3 Å². The van der Waals surface area contributed by atoms with Gasteiger partial charge in [0.15, 0.2) is 0 Å². The molecule has 0 saturated heterocycles. The zero-order valence-electron chi connectivity index (χ0n) is 10.6. The summed E-state index contributed by atoms with van der Waals surface area (Å²) in [6.07, 6.45) is 0.891. The summed E-state index contributed by atoms with van der Waals surface area (Å²) in [6, 6.07) is 7.53. The van der Waals surface area contributed by atoms with E-state index in [0.717, 1.165) is 17.9 Å². The fourth-order valence-electron chi connectivity index (χ4n) is 1.52. The maximum absolute atomic E-state index is 5.99. The van der Waals surface area contributed by atoms with Crippen molar-refractivity contribution < 1.29 is 4.74 Å². The maximum Gasteiger partial charge on any atom is 0.119 e. The van der Waals surface area contributed by atoms with Crippen LogP contribution in [0.2, 0.25) is 0 Å². The van der Waals surface area contributed by atoms with Gasteiger partial charge in [-0.2, -0.15) is 0 Å². The molecule has 0 saturated carbocycles. The van der Waals surface area contributed by atoms with Crippen molar-refractivity contribution >= 4 is 22.9 Å². The first-order chi connectivity index (χ1) is 8.02. The minimum Gasteiger partial charge on any atom is -0.497 e. The second-order valence-electron chi connectivity index (χ2n) is 4.45. The standard InChI is InChI=1S/C13H20N2OS/c1-9(2)8-12(14)13(17)15-10-4-6-11(16-3)7-5-10/h4-7,9,12H,8,14H2,1-3H3,(H,15,17). The summed E-state index contributed by atoms with van der Waals surface area (Å²) in [5.74, 6) is 1.37. The van der Waals surface area contributed by atoms with E-state index in [4.69, 9.17) is 22.7 Å². The molecule has 1 aromatic rings. The van der Waals surface area contributed by atoms with Gasteiger partial charge in [-0.05, 0) is 36.6 Å². The van der Waals surface area contributed by atoms with Gasteiger partial charge in [0.25, 0.3) is 0 Å². The molecule has 0 radical (unpaired) electrons.